The average molecular weight is 321 g/mol. The van der Waals surface area contributed by atoms with Gasteiger partial charge in [0.05, 0.1) is 0 Å². The van der Waals surface area contributed by atoms with Gasteiger partial charge in [-0.1, -0.05) is 12.2 Å². The average Bonchev–Trinajstić information content (AvgIpc) is 2.52. The highest BCUT2D eigenvalue weighted by Gasteiger charge is 2.18. The van der Waals surface area contributed by atoms with Crippen LogP contribution in [0.4, 0.5) is 0 Å². The van der Waals surface area contributed by atoms with Crippen LogP contribution in [0.3, 0.4) is 0 Å². The van der Waals surface area contributed by atoms with Gasteiger partial charge in [-0.2, -0.15) is 0 Å². The molecule has 0 fully saturated rings. The van der Waals surface area contributed by atoms with E-state index in [2.05, 4.69) is 36.8 Å². The molecule has 0 spiro atoms. The Morgan fingerprint density at radius 1 is 0.773 bits per heavy atom. The first-order valence-electron chi connectivity index (χ1n) is 7.67. The van der Waals surface area contributed by atoms with Crippen molar-refractivity contribution in [3.05, 3.63) is 25.3 Å². The van der Waals surface area contributed by atoms with E-state index in [4.69, 9.17) is 9.05 Å². The molecule has 0 saturated heterocycles. The molecule has 0 rings (SSSR count). The lowest BCUT2D eigenvalue weighted by Crippen LogP contribution is -1.91. The molecule has 0 bridgehead atoms. The van der Waals surface area contributed by atoms with Crippen LogP contribution in [0.15, 0.2) is 25.3 Å². The summed E-state index contributed by atoms with van der Waals surface area (Å²) < 4.78 is 21.6. The van der Waals surface area contributed by atoms with Gasteiger partial charge in [0.1, 0.15) is 13.2 Å². The maximum atomic E-state index is 11.4. The van der Waals surface area contributed by atoms with Gasteiger partial charge >= 0.3 is 8.25 Å². The van der Waals surface area contributed by atoms with Crippen LogP contribution in [0.5, 0.6) is 0 Å². The molecule has 0 aliphatic heterocycles. The molecular formula is C18H26O3P+. The van der Waals surface area contributed by atoms with Crippen molar-refractivity contribution in [1.82, 2.24) is 0 Å². The highest BCUT2D eigenvalue weighted by atomic mass is 31.1. The quantitative estimate of drug-likeness (QED) is 0.215. The largest absolute Gasteiger partial charge is 0.697 e. The van der Waals surface area contributed by atoms with E-state index in [1.54, 1.807) is 0 Å². The Kier molecular flexibility index (Phi) is 16.6. The van der Waals surface area contributed by atoms with E-state index >= 15 is 0 Å². The maximum absolute atomic E-state index is 11.4. The fourth-order valence-electron chi connectivity index (χ4n) is 1.34. The van der Waals surface area contributed by atoms with E-state index in [1.165, 1.54) is 0 Å². The third-order valence-corrected chi connectivity index (χ3v) is 3.27. The minimum absolute atomic E-state index is 0.409. The Morgan fingerprint density at radius 3 is 1.59 bits per heavy atom. The summed E-state index contributed by atoms with van der Waals surface area (Å²) in [6.07, 6.45) is 10.3. The fourth-order valence-corrected chi connectivity index (χ4v) is 1.97. The number of unbranched alkanes of at least 4 members (excludes halogenated alkanes) is 4. The molecule has 0 N–H and O–H groups in total. The van der Waals surface area contributed by atoms with E-state index in [9.17, 15) is 4.57 Å². The summed E-state index contributed by atoms with van der Waals surface area (Å²) in [6, 6.07) is 0. The first-order chi connectivity index (χ1) is 10.8. The summed E-state index contributed by atoms with van der Waals surface area (Å²) in [7, 11) is -2.01. The van der Waals surface area contributed by atoms with Gasteiger partial charge < -0.3 is 0 Å². The minimum atomic E-state index is -2.01. The molecule has 0 aromatic rings. The molecule has 0 heterocycles. The normalized spacial score (nSPS) is 9.09. The summed E-state index contributed by atoms with van der Waals surface area (Å²) in [5.41, 5.74) is 0. The molecule has 0 aromatic carbocycles. The third-order valence-electron chi connectivity index (χ3n) is 2.48. The second-order valence-corrected chi connectivity index (χ2v) is 5.42. The molecule has 0 amide bonds. The summed E-state index contributed by atoms with van der Waals surface area (Å²) >= 11 is 0. The molecule has 3 nitrogen and oxygen atoms in total. The predicted octanol–water partition coefficient (Wildman–Crippen LogP) is 5.18. The Balaban J connectivity index is 3.38. The Morgan fingerprint density at radius 2 is 1.18 bits per heavy atom. The van der Waals surface area contributed by atoms with E-state index in [1.807, 2.05) is 12.2 Å². The summed E-state index contributed by atoms with van der Waals surface area (Å²) in [5, 5.41) is 0. The van der Waals surface area contributed by atoms with Crippen LogP contribution >= 0.6 is 8.25 Å². The fraction of sp³-hybridized carbons (Fsp3) is 0.556. The van der Waals surface area contributed by atoms with Crippen molar-refractivity contribution in [2.75, 3.05) is 13.2 Å². The Hall–Kier alpha value is -1.38. The van der Waals surface area contributed by atoms with Gasteiger partial charge in [-0.05, 0) is 25.7 Å². The van der Waals surface area contributed by atoms with Crippen molar-refractivity contribution in [3.63, 3.8) is 0 Å². The molecule has 0 unspecified atom stereocenters. The first-order valence-corrected chi connectivity index (χ1v) is 8.77. The van der Waals surface area contributed by atoms with Crippen LogP contribution in [-0.4, -0.2) is 13.2 Å². The molecule has 22 heavy (non-hydrogen) atoms. The van der Waals surface area contributed by atoms with Crippen molar-refractivity contribution in [1.29, 1.82) is 0 Å². The monoisotopic (exact) mass is 321 g/mol. The third kappa shape index (κ3) is 16.7. The van der Waals surface area contributed by atoms with E-state index < -0.39 is 8.25 Å². The minimum Gasteiger partial charge on any atom is -0.119 e. The smallest absolute Gasteiger partial charge is 0.119 e. The van der Waals surface area contributed by atoms with Crippen molar-refractivity contribution < 1.29 is 13.6 Å². The van der Waals surface area contributed by atoms with Crippen LogP contribution < -0.4 is 0 Å². The van der Waals surface area contributed by atoms with Crippen LogP contribution in [0, 0.1) is 23.7 Å². The zero-order chi connectivity index (χ0) is 16.3. The van der Waals surface area contributed by atoms with Crippen LogP contribution in [0.2, 0.25) is 0 Å². The van der Waals surface area contributed by atoms with Gasteiger partial charge in [0.15, 0.2) is 0 Å². The summed E-state index contributed by atoms with van der Waals surface area (Å²) in [6.45, 7) is 8.09. The molecule has 0 atom stereocenters. The van der Waals surface area contributed by atoms with Gasteiger partial charge in [-0.15, -0.1) is 45.9 Å². The van der Waals surface area contributed by atoms with Crippen molar-refractivity contribution in [2.45, 2.75) is 51.4 Å². The van der Waals surface area contributed by atoms with Gasteiger partial charge in [-0.25, -0.2) is 0 Å². The van der Waals surface area contributed by atoms with Crippen LogP contribution in [0.25, 0.3) is 0 Å². The molecule has 4 heteroatoms. The second-order valence-electron chi connectivity index (χ2n) is 4.46. The van der Waals surface area contributed by atoms with Gasteiger partial charge in [-0.3, -0.25) is 0 Å². The summed E-state index contributed by atoms with van der Waals surface area (Å²) in [4.78, 5) is 0. The molecule has 0 aliphatic rings. The van der Waals surface area contributed by atoms with E-state index in [-0.39, 0.29) is 0 Å². The Bertz CT molecular complexity index is 395. The lowest BCUT2D eigenvalue weighted by molar-refractivity contribution is 0.223. The maximum Gasteiger partial charge on any atom is 0.697 e. The molecule has 0 radical (unpaired) electrons. The standard InChI is InChI=1S/C18H26O3P/c1-3-5-7-9-11-13-15-17-20-22(19)21-18-16-14-12-10-8-6-4-2/h3-4H,1-2,5-8,13-18H2/q+1. The first kappa shape index (κ1) is 20.6. The van der Waals surface area contributed by atoms with Gasteiger partial charge in [0.2, 0.25) is 0 Å². The Labute approximate surface area is 136 Å². The molecule has 120 valence electrons. The van der Waals surface area contributed by atoms with E-state index in [0.717, 1.165) is 51.4 Å². The number of hydrogen-bond donors (Lipinski definition) is 0. The second kappa shape index (κ2) is 17.7. The molecule has 0 aromatic heterocycles. The highest BCUT2D eigenvalue weighted by Crippen LogP contribution is 2.24. The number of rotatable bonds is 12. The molecular weight excluding hydrogens is 295 g/mol. The molecule has 0 aliphatic carbocycles. The van der Waals surface area contributed by atoms with Crippen molar-refractivity contribution >= 4 is 8.25 Å². The predicted molar refractivity (Wildman–Crippen MR) is 92.4 cm³/mol. The lowest BCUT2D eigenvalue weighted by Gasteiger charge is -1.90. The van der Waals surface area contributed by atoms with Crippen molar-refractivity contribution in [3.8, 4) is 23.7 Å². The SMILES string of the molecule is C=CCCC#CCCCO[P+](=O)OCCCC#CCCC=C. The summed E-state index contributed by atoms with van der Waals surface area (Å²) in [5.74, 6) is 12.2. The highest BCUT2D eigenvalue weighted by molar-refractivity contribution is 7.33. The van der Waals surface area contributed by atoms with E-state index in [0.29, 0.717) is 13.2 Å². The molecule has 0 saturated carbocycles. The zero-order valence-corrected chi connectivity index (χ0v) is 14.2. The van der Waals surface area contributed by atoms with Gasteiger partial charge in [0, 0.05) is 30.2 Å². The number of allylic oxidation sites excluding steroid dienone is 2. The lowest BCUT2D eigenvalue weighted by atomic mass is 10.3. The zero-order valence-electron chi connectivity index (χ0n) is 13.3. The topological polar surface area (TPSA) is 35.5 Å². The van der Waals surface area contributed by atoms with Crippen molar-refractivity contribution in [2.24, 2.45) is 0 Å². The van der Waals surface area contributed by atoms with Crippen LogP contribution in [0.1, 0.15) is 51.4 Å². The number of hydrogen-bond acceptors (Lipinski definition) is 3. The van der Waals surface area contributed by atoms with Crippen LogP contribution in [-0.2, 0) is 13.6 Å². The van der Waals surface area contributed by atoms with Gasteiger partial charge in [0.25, 0.3) is 0 Å².